The number of nitrogens with zero attached hydrogens (tertiary/aromatic N) is 2. The van der Waals surface area contributed by atoms with Crippen LogP contribution < -0.4 is 26.6 Å². The highest BCUT2D eigenvalue weighted by Crippen LogP contribution is 2.11. The number of carbonyl (C=O) groups is 1. The van der Waals surface area contributed by atoms with Crippen LogP contribution in [0.25, 0.3) is 0 Å². The predicted molar refractivity (Wildman–Crippen MR) is 128 cm³/mol. The van der Waals surface area contributed by atoms with Gasteiger partial charge in [0.1, 0.15) is 12.2 Å². The second-order valence-electron chi connectivity index (χ2n) is 7.81. The summed E-state index contributed by atoms with van der Waals surface area (Å²) in [6.07, 6.45) is -0.515. The van der Waals surface area contributed by atoms with E-state index in [4.69, 9.17) is 5.73 Å². The Kier molecular flexibility index (Phi) is 7.34. The van der Waals surface area contributed by atoms with Crippen molar-refractivity contribution >= 4 is 27.3 Å². The first-order valence-corrected chi connectivity index (χ1v) is 12.0. The van der Waals surface area contributed by atoms with Crippen LogP contribution in [0.3, 0.4) is 0 Å². The van der Waals surface area contributed by atoms with Gasteiger partial charge in [-0.3, -0.25) is 25.0 Å². The van der Waals surface area contributed by atoms with Gasteiger partial charge in [0, 0.05) is 29.2 Å². The standard InChI is InChI=1S/C22H28N6O4S/c1-14-9-10-19(27-33(31,32)13-17-7-5-4-6-8-17)21(30)28(14)12-20(29)24-11-18-15(2)25-22(23)26-16(18)3/h4-10,22,25,27H,11-13,23H2,1-3H3,(H,24,29). The van der Waals surface area contributed by atoms with Gasteiger partial charge in [-0.2, -0.15) is 0 Å². The minimum atomic E-state index is -3.81. The number of allylic oxidation sites excluding steroid dienone is 1. The normalized spacial score (nSPS) is 16.1. The lowest BCUT2D eigenvalue weighted by molar-refractivity contribution is -0.121. The Balaban J connectivity index is 1.71. The minimum absolute atomic E-state index is 0.115. The molecule has 2 aromatic rings. The van der Waals surface area contributed by atoms with Gasteiger partial charge in [-0.05, 0) is 38.5 Å². The smallest absolute Gasteiger partial charge is 0.275 e. The monoisotopic (exact) mass is 472 g/mol. The molecule has 2 heterocycles. The molecule has 0 fully saturated rings. The largest absolute Gasteiger partial charge is 0.355 e. The van der Waals surface area contributed by atoms with Crippen molar-refractivity contribution in [2.45, 2.75) is 39.4 Å². The van der Waals surface area contributed by atoms with Crippen molar-refractivity contribution in [3.05, 3.63) is 75.3 Å². The molecule has 1 aliphatic heterocycles. The molecule has 1 aromatic heterocycles. The maximum Gasteiger partial charge on any atom is 0.275 e. The molecular formula is C22H28N6O4S. The summed E-state index contributed by atoms with van der Waals surface area (Å²) in [5.41, 5.74) is 8.53. The van der Waals surface area contributed by atoms with Crippen LogP contribution in [-0.2, 0) is 27.1 Å². The minimum Gasteiger partial charge on any atom is -0.355 e. The number of aryl methyl sites for hydroxylation is 1. The SMILES string of the molecule is CC1=NC(N)NC(C)=C1CNC(=O)Cn1c(C)ccc(NS(=O)(=O)Cc2ccccc2)c1=O. The first-order valence-electron chi connectivity index (χ1n) is 10.3. The van der Waals surface area contributed by atoms with Crippen LogP contribution in [0.1, 0.15) is 25.1 Å². The maximum atomic E-state index is 12.9. The Labute approximate surface area is 192 Å². The van der Waals surface area contributed by atoms with Gasteiger partial charge in [0.2, 0.25) is 15.9 Å². The number of benzene rings is 1. The molecule has 1 aliphatic rings. The van der Waals surface area contributed by atoms with E-state index < -0.39 is 27.8 Å². The van der Waals surface area contributed by atoms with Crippen molar-refractivity contribution in [3.8, 4) is 0 Å². The van der Waals surface area contributed by atoms with Gasteiger partial charge in [0.05, 0.1) is 5.75 Å². The van der Waals surface area contributed by atoms with Crippen LogP contribution in [-0.4, -0.2) is 37.4 Å². The summed E-state index contributed by atoms with van der Waals surface area (Å²) in [5, 5.41) is 5.77. The highest BCUT2D eigenvalue weighted by Gasteiger charge is 2.18. The van der Waals surface area contributed by atoms with E-state index in [0.717, 1.165) is 17.0 Å². The second kappa shape index (κ2) is 10.0. The van der Waals surface area contributed by atoms with Crippen molar-refractivity contribution in [1.82, 2.24) is 15.2 Å². The number of aromatic nitrogens is 1. The van der Waals surface area contributed by atoms with Crippen molar-refractivity contribution in [1.29, 1.82) is 0 Å². The van der Waals surface area contributed by atoms with E-state index in [1.54, 1.807) is 43.3 Å². The molecular weight excluding hydrogens is 444 g/mol. The molecule has 1 amide bonds. The van der Waals surface area contributed by atoms with Crippen molar-refractivity contribution in [2.75, 3.05) is 11.3 Å². The predicted octanol–water partition coefficient (Wildman–Crippen LogP) is 0.795. The summed E-state index contributed by atoms with van der Waals surface area (Å²) in [6.45, 7) is 5.29. The third kappa shape index (κ3) is 6.30. The fraction of sp³-hybridized carbons (Fsp3) is 0.318. The van der Waals surface area contributed by atoms with Crippen LogP contribution in [0.15, 0.2) is 63.5 Å². The van der Waals surface area contributed by atoms with E-state index in [1.165, 1.54) is 10.6 Å². The highest BCUT2D eigenvalue weighted by atomic mass is 32.2. The Morgan fingerprint density at radius 2 is 1.85 bits per heavy atom. The van der Waals surface area contributed by atoms with Crippen molar-refractivity contribution in [2.24, 2.45) is 10.7 Å². The summed E-state index contributed by atoms with van der Waals surface area (Å²) < 4.78 is 28.6. The highest BCUT2D eigenvalue weighted by molar-refractivity contribution is 7.91. The molecule has 0 spiro atoms. The van der Waals surface area contributed by atoms with Gasteiger partial charge in [-0.25, -0.2) is 8.42 Å². The van der Waals surface area contributed by atoms with Gasteiger partial charge in [-0.1, -0.05) is 30.3 Å². The first-order chi connectivity index (χ1) is 15.6. The van der Waals surface area contributed by atoms with Crippen molar-refractivity contribution in [3.63, 3.8) is 0 Å². The van der Waals surface area contributed by atoms with Crippen LogP contribution in [0, 0.1) is 6.92 Å². The van der Waals surface area contributed by atoms with Crippen LogP contribution >= 0.6 is 0 Å². The molecule has 10 nitrogen and oxygen atoms in total. The number of nitrogens with one attached hydrogen (secondary N) is 3. The fourth-order valence-corrected chi connectivity index (χ4v) is 4.68. The lowest BCUT2D eigenvalue weighted by Gasteiger charge is -2.23. The Morgan fingerprint density at radius 3 is 2.52 bits per heavy atom. The quantitative estimate of drug-likeness (QED) is 0.447. The molecule has 176 valence electrons. The number of sulfonamides is 1. The van der Waals surface area contributed by atoms with E-state index in [1.807, 2.05) is 13.8 Å². The number of aliphatic imine (C=N–C) groups is 1. The molecule has 5 N–H and O–H groups in total. The van der Waals surface area contributed by atoms with Gasteiger partial charge in [0.15, 0.2) is 6.29 Å². The molecule has 1 atom stereocenters. The molecule has 3 rings (SSSR count). The van der Waals surface area contributed by atoms with Crippen LogP contribution in [0.5, 0.6) is 0 Å². The third-order valence-corrected chi connectivity index (χ3v) is 6.45. The molecule has 0 aliphatic carbocycles. The summed E-state index contributed by atoms with van der Waals surface area (Å²) in [7, 11) is -3.81. The Hall–Kier alpha value is -3.44. The molecule has 0 saturated heterocycles. The topological polar surface area (TPSA) is 148 Å². The molecule has 33 heavy (non-hydrogen) atoms. The Bertz CT molecular complexity index is 1270. The summed E-state index contributed by atoms with van der Waals surface area (Å²) in [6, 6.07) is 11.6. The van der Waals surface area contributed by atoms with Crippen LogP contribution in [0.4, 0.5) is 5.69 Å². The first kappa shape index (κ1) is 24.2. The number of hydrogen-bond acceptors (Lipinski definition) is 7. The number of nitrogens with two attached hydrogens (primary N) is 1. The number of hydrogen-bond donors (Lipinski definition) is 4. The third-order valence-electron chi connectivity index (χ3n) is 5.21. The molecule has 0 radical (unpaired) electrons. The van der Waals surface area contributed by atoms with Gasteiger partial charge in [0.25, 0.3) is 5.56 Å². The lowest BCUT2D eigenvalue weighted by Crippen LogP contribution is -2.42. The van der Waals surface area contributed by atoms with Gasteiger partial charge in [-0.15, -0.1) is 0 Å². The molecule has 1 aromatic carbocycles. The average molecular weight is 473 g/mol. The maximum absolute atomic E-state index is 12.9. The van der Waals surface area contributed by atoms with Gasteiger partial charge >= 0.3 is 0 Å². The molecule has 0 bridgehead atoms. The lowest BCUT2D eigenvalue weighted by atomic mass is 10.1. The summed E-state index contributed by atoms with van der Waals surface area (Å²) in [4.78, 5) is 29.7. The van der Waals surface area contributed by atoms with E-state index >= 15 is 0 Å². The summed E-state index contributed by atoms with van der Waals surface area (Å²) >= 11 is 0. The molecule has 1 unspecified atom stereocenters. The van der Waals surface area contributed by atoms with E-state index in [9.17, 15) is 18.0 Å². The van der Waals surface area contributed by atoms with Gasteiger partial charge < -0.3 is 15.2 Å². The Morgan fingerprint density at radius 1 is 1.15 bits per heavy atom. The number of rotatable bonds is 8. The average Bonchev–Trinajstić information content (AvgIpc) is 2.73. The van der Waals surface area contributed by atoms with Crippen LogP contribution in [0.2, 0.25) is 0 Å². The number of carbonyl (C=O) groups excluding carboxylic acids is 1. The van der Waals surface area contributed by atoms with E-state index in [0.29, 0.717) is 11.3 Å². The zero-order valence-corrected chi connectivity index (χ0v) is 19.6. The molecule has 0 saturated carbocycles. The number of pyridine rings is 1. The summed E-state index contributed by atoms with van der Waals surface area (Å²) in [5.74, 6) is -0.665. The fourth-order valence-electron chi connectivity index (χ4n) is 3.49. The zero-order valence-electron chi connectivity index (χ0n) is 18.8. The van der Waals surface area contributed by atoms with E-state index in [-0.39, 0.29) is 24.5 Å². The zero-order chi connectivity index (χ0) is 24.2. The second-order valence-corrected chi connectivity index (χ2v) is 9.53. The molecule has 11 heteroatoms. The van der Waals surface area contributed by atoms with Crippen molar-refractivity contribution < 1.29 is 13.2 Å². The number of anilines is 1. The van der Waals surface area contributed by atoms with E-state index in [2.05, 4.69) is 20.3 Å². The number of amides is 1.